The Balaban J connectivity index is 1.73. The number of hydrogen-bond acceptors (Lipinski definition) is 2. The summed E-state index contributed by atoms with van der Waals surface area (Å²) in [5.41, 5.74) is 6.49. The molecule has 2 N–H and O–H groups in total. The van der Waals surface area contributed by atoms with Gasteiger partial charge in [-0.15, -0.1) is 0 Å². The van der Waals surface area contributed by atoms with Gasteiger partial charge in [-0.1, -0.05) is 36.9 Å². The molecule has 3 heteroatoms. The van der Waals surface area contributed by atoms with Crippen LogP contribution in [0.3, 0.4) is 0 Å². The predicted octanol–water partition coefficient (Wildman–Crippen LogP) is 3.77. The SMILES string of the molecule is NC1CC(Oc2cccc(Cl)c2)C12CCCCC2. The lowest BCUT2D eigenvalue weighted by molar-refractivity contribution is -0.0898. The highest BCUT2D eigenvalue weighted by atomic mass is 35.5. The van der Waals surface area contributed by atoms with Crippen molar-refractivity contribution in [1.29, 1.82) is 0 Å². The fraction of sp³-hybridized carbons (Fsp3) is 0.600. The Kier molecular flexibility index (Phi) is 3.25. The lowest BCUT2D eigenvalue weighted by Gasteiger charge is -2.56. The topological polar surface area (TPSA) is 35.2 Å². The average Bonchev–Trinajstić information content (AvgIpc) is 2.39. The second-order valence-electron chi connectivity index (χ2n) is 5.70. The smallest absolute Gasteiger partial charge is 0.121 e. The zero-order chi connectivity index (χ0) is 12.6. The van der Waals surface area contributed by atoms with Crippen LogP contribution in [0.5, 0.6) is 5.75 Å². The van der Waals surface area contributed by atoms with Crippen LogP contribution in [0.4, 0.5) is 0 Å². The molecular weight excluding hydrogens is 246 g/mol. The summed E-state index contributed by atoms with van der Waals surface area (Å²) < 4.78 is 6.13. The van der Waals surface area contributed by atoms with E-state index >= 15 is 0 Å². The lowest BCUT2D eigenvalue weighted by Crippen LogP contribution is -2.64. The van der Waals surface area contributed by atoms with Crippen molar-refractivity contribution >= 4 is 11.6 Å². The third-order valence-corrected chi connectivity index (χ3v) is 4.94. The van der Waals surface area contributed by atoms with Crippen LogP contribution in [0, 0.1) is 5.41 Å². The number of nitrogens with two attached hydrogens (primary N) is 1. The molecule has 0 aromatic heterocycles. The van der Waals surface area contributed by atoms with E-state index in [1.807, 2.05) is 24.3 Å². The second kappa shape index (κ2) is 4.75. The molecule has 0 radical (unpaired) electrons. The summed E-state index contributed by atoms with van der Waals surface area (Å²) in [6.07, 6.45) is 7.64. The summed E-state index contributed by atoms with van der Waals surface area (Å²) in [6, 6.07) is 8.00. The van der Waals surface area contributed by atoms with Crippen molar-refractivity contribution in [2.24, 2.45) is 11.1 Å². The maximum atomic E-state index is 6.26. The number of benzene rings is 1. The van der Waals surface area contributed by atoms with Crippen LogP contribution in [0.2, 0.25) is 5.02 Å². The Bertz CT molecular complexity index is 428. The first kappa shape index (κ1) is 12.3. The molecule has 1 aromatic rings. The zero-order valence-electron chi connectivity index (χ0n) is 10.6. The highest BCUT2D eigenvalue weighted by molar-refractivity contribution is 6.30. The Morgan fingerprint density at radius 3 is 2.67 bits per heavy atom. The van der Waals surface area contributed by atoms with Crippen LogP contribution in [0.15, 0.2) is 24.3 Å². The second-order valence-corrected chi connectivity index (χ2v) is 6.14. The molecule has 2 atom stereocenters. The predicted molar refractivity (Wildman–Crippen MR) is 74.0 cm³/mol. The number of hydrogen-bond donors (Lipinski definition) is 1. The Hall–Kier alpha value is -0.730. The van der Waals surface area contributed by atoms with Gasteiger partial charge in [0.05, 0.1) is 0 Å². The van der Waals surface area contributed by atoms with Gasteiger partial charge in [0.25, 0.3) is 0 Å². The van der Waals surface area contributed by atoms with Crippen molar-refractivity contribution in [2.45, 2.75) is 50.7 Å². The van der Waals surface area contributed by atoms with Crippen LogP contribution >= 0.6 is 11.6 Å². The molecule has 0 heterocycles. The first-order valence-electron chi connectivity index (χ1n) is 6.88. The van der Waals surface area contributed by atoms with Gasteiger partial charge in [0.1, 0.15) is 11.9 Å². The first-order valence-corrected chi connectivity index (χ1v) is 7.26. The van der Waals surface area contributed by atoms with Gasteiger partial charge in [-0.25, -0.2) is 0 Å². The molecule has 0 amide bonds. The van der Waals surface area contributed by atoms with Crippen molar-refractivity contribution in [1.82, 2.24) is 0 Å². The molecule has 2 aliphatic carbocycles. The molecule has 18 heavy (non-hydrogen) atoms. The fourth-order valence-electron chi connectivity index (χ4n) is 3.55. The van der Waals surface area contributed by atoms with Crippen LogP contribution in [-0.2, 0) is 0 Å². The van der Waals surface area contributed by atoms with Gasteiger partial charge in [-0.2, -0.15) is 0 Å². The van der Waals surface area contributed by atoms with Crippen molar-refractivity contribution in [3.05, 3.63) is 29.3 Å². The van der Waals surface area contributed by atoms with Crippen molar-refractivity contribution < 1.29 is 4.74 Å². The molecule has 2 saturated carbocycles. The van der Waals surface area contributed by atoms with E-state index in [9.17, 15) is 0 Å². The van der Waals surface area contributed by atoms with E-state index in [4.69, 9.17) is 22.1 Å². The van der Waals surface area contributed by atoms with E-state index in [0.29, 0.717) is 6.04 Å². The molecule has 0 bridgehead atoms. The van der Waals surface area contributed by atoms with Crippen molar-refractivity contribution in [2.75, 3.05) is 0 Å². The molecule has 2 fully saturated rings. The van der Waals surface area contributed by atoms with E-state index in [1.54, 1.807) is 0 Å². The quantitative estimate of drug-likeness (QED) is 0.884. The summed E-state index contributed by atoms with van der Waals surface area (Å²) in [4.78, 5) is 0. The maximum absolute atomic E-state index is 6.26. The normalized spacial score (nSPS) is 29.9. The molecule has 1 spiro atoms. The van der Waals surface area contributed by atoms with Gasteiger partial charge in [-0.3, -0.25) is 0 Å². The molecule has 0 saturated heterocycles. The number of rotatable bonds is 2. The van der Waals surface area contributed by atoms with Gasteiger partial charge < -0.3 is 10.5 Å². The van der Waals surface area contributed by atoms with Crippen LogP contribution in [0.25, 0.3) is 0 Å². The summed E-state index contributed by atoms with van der Waals surface area (Å²) in [6.45, 7) is 0. The van der Waals surface area contributed by atoms with E-state index < -0.39 is 0 Å². The van der Waals surface area contributed by atoms with Crippen molar-refractivity contribution in [3.8, 4) is 5.75 Å². The first-order chi connectivity index (χ1) is 8.71. The van der Waals surface area contributed by atoms with Crippen LogP contribution < -0.4 is 10.5 Å². The maximum Gasteiger partial charge on any atom is 0.121 e. The van der Waals surface area contributed by atoms with Gasteiger partial charge in [0, 0.05) is 22.9 Å². The molecule has 0 aliphatic heterocycles. The molecule has 3 rings (SSSR count). The van der Waals surface area contributed by atoms with E-state index in [1.165, 1.54) is 32.1 Å². The Morgan fingerprint density at radius 2 is 2.00 bits per heavy atom. The average molecular weight is 266 g/mol. The largest absolute Gasteiger partial charge is 0.490 e. The van der Waals surface area contributed by atoms with E-state index in [0.717, 1.165) is 17.2 Å². The lowest BCUT2D eigenvalue weighted by atomic mass is 9.55. The fourth-order valence-corrected chi connectivity index (χ4v) is 3.73. The van der Waals surface area contributed by atoms with Crippen molar-refractivity contribution in [3.63, 3.8) is 0 Å². The molecule has 2 nitrogen and oxygen atoms in total. The van der Waals surface area contributed by atoms with E-state index in [2.05, 4.69) is 0 Å². The van der Waals surface area contributed by atoms with Crippen LogP contribution in [-0.4, -0.2) is 12.1 Å². The minimum Gasteiger partial charge on any atom is -0.490 e. The third-order valence-electron chi connectivity index (χ3n) is 4.71. The third kappa shape index (κ3) is 2.02. The Morgan fingerprint density at radius 1 is 1.22 bits per heavy atom. The van der Waals surface area contributed by atoms with Gasteiger partial charge in [0.15, 0.2) is 0 Å². The minimum absolute atomic E-state index is 0.237. The summed E-state index contributed by atoms with van der Waals surface area (Å²) in [7, 11) is 0. The summed E-state index contributed by atoms with van der Waals surface area (Å²) in [5, 5.41) is 0.730. The molecule has 98 valence electrons. The molecule has 2 unspecified atom stereocenters. The highest BCUT2D eigenvalue weighted by Crippen LogP contribution is 2.52. The zero-order valence-corrected chi connectivity index (χ0v) is 11.3. The van der Waals surface area contributed by atoms with E-state index in [-0.39, 0.29) is 11.5 Å². The van der Waals surface area contributed by atoms with Gasteiger partial charge in [0.2, 0.25) is 0 Å². The summed E-state index contributed by atoms with van der Waals surface area (Å²) >= 11 is 5.99. The minimum atomic E-state index is 0.237. The monoisotopic (exact) mass is 265 g/mol. The highest BCUT2D eigenvalue weighted by Gasteiger charge is 2.54. The van der Waals surface area contributed by atoms with Gasteiger partial charge >= 0.3 is 0 Å². The molecule has 2 aliphatic rings. The Labute approximate surface area is 113 Å². The number of halogens is 1. The standard InChI is InChI=1S/C15H20ClNO/c16-11-5-4-6-12(9-11)18-14-10-13(17)15(14)7-2-1-3-8-15/h4-6,9,13-14H,1-3,7-8,10,17H2. The molecular formula is C15H20ClNO. The molecule has 1 aromatic carbocycles. The number of ether oxygens (including phenoxy) is 1. The van der Waals surface area contributed by atoms with Gasteiger partial charge in [-0.05, 0) is 31.0 Å². The summed E-state index contributed by atoms with van der Waals surface area (Å²) in [5.74, 6) is 0.879. The van der Waals surface area contributed by atoms with Crippen LogP contribution in [0.1, 0.15) is 38.5 Å².